The Hall–Kier alpha value is -2.86. The molecule has 0 bridgehead atoms. The molecule has 0 atom stereocenters. The monoisotopic (exact) mass is 367 g/mol. The summed E-state index contributed by atoms with van der Waals surface area (Å²) in [5, 5.41) is 9.00. The van der Waals surface area contributed by atoms with Crippen molar-refractivity contribution in [3.05, 3.63) is 60.2 Å². The SMILES string of the molecule is CCN(C(=O)CN1CCN(c2ccc(C(=O)O)cc2)CC1)c1ccccc1. The van der Waals surface area contributed by atoms with Gasteiger partial charge in [0.2, 0.25) is 5.91 Å². The van der Waals surface area contributed by atoms with Crippen LogP contribution in [0, 0.1) is 0 Å². The van der Waals surface area contributed by atoms with Crippen molar-refractivity contribution in [2.75, 3.05) is 49.1 Å². The van der Waals surface area contributed by atoms with Crippen LogP contribution in [0.2, 0.25) is 0 Å². The van der Waals surface area contributed by atoms with Gasteiger partial charge in [0.25, 0.3) is 0 Å². The van der Waals surface area contributed by atoms with Gasteiger partial charge in [-0.05, 0) is 43.3 Å². The number of aromatic carboxylic acids is 1. The Kier molecular flexibility index (Phi) is 6.08. The minimum atomic E-state index is -0.913. The molecule has 2 aromatic carbocycles. The van der Waals surface area contributed by atoms with Gasteiger partial charge in [0.15, 0.2) is 0 Å². The molecule has 0 aliphatic carbocycles. The minimum absolute atomic E-state index is 0.114. The van der Waals surface area contributed by atoms with Crippen LogP contribution in [0.1, 0.15) is 17.3 Å². The quantitative estimate of drug-likeness (QED) is 0.850. The average molecular weight is 367 g/mol. The number of piperazine rings is 1. The molecule has 0 spiro atoms. The number of anilines is 2. The normalized spacial score (nSPS) is 14.8. The van der Waals surface area contributed by atoms with Crippen molar-refractivity contribution >= 4 is 23.3 Å². The first-order valence-corrected chi connectivity index (χ1v) is 9.24. The molecule has 0 aromatic heterocycles. The molecule has 1 saturated heterocycles. The lowest BCUT2D eigenvalue weighted by Gasteiger charge is -2.36. The molecule has 0 unspecified atom stereocenters. The highest BCUT2D eigenvalue weighted by atomic mass is 16.4. The van der Waals surface area contributed by atoms with E-state index in [1.165, 1.54) is 0 Å². The molecule has 2 aromatic rings. The van der Waals surface area contributed by atoms with E-state index in [9.17, 15) is 9.59 Å². The molecule has 27 heavy (non-hydrogen) atoms. The second kappa shape index (κ2) is 8.68. The number of hydrogen-bond donors (Lipinski definition) is 1. The van der Waals surface area contributed by atoms with Crippen molar-refractivity contribution in [3.8, 4) is 0 Å². The van der Waals surface area contributed by atoms with Crippen molar-refractivity contribution in [3.63, 3.8) is 0 Å². The molecule has 1 amide bonds. The maximum Gasteiger partial charge on any atom is 0.335 e. The molecule has 6 nitrogen and oxygen atoms in total. The van der Waals surface area contributed by atoms with Crippen LogP contribution in [-0.2, 0) is 4.79 Å². The number of nitrogens with zero attached hydrogens (tertiary/aromatic N) is 3. The van der Waals surface area contributed by atoms with E-state index in [4.69, 9.17) is 5.11 Å². The molecule has 1 aliphatic rings. The zero-order valence-electron chi connectivity index (χ0n) is 15.5. The Morgan fingerprint density at radius 1 is 0.963 bits per heavy atom. The number of amides is 1. The Morgan fingerprint density at radius 3 is 2.15 bits per heavy atom. The lowest BCUT2D eigenvalue weighted by atomic mass is 10.2. The molecule has 6 heteroatoms. The zero-order chi connectivity index (χ0) is 19.2. The van der Waals surface area contributed by atoms with Crippen LogP contribution in [0.4, 0.5) is 11.4 Å². The standard InChI is InChI=1S/C21H25N3O3/c1-2-24(19-6-4-3-5-7-19)20(25)16-22-12-14-23(15-13-22)18-10-8-17(9-11-18)21(26)27/h3-11H,2,12-16H2,1H3,(H,26,27). The van der Waals surface area contributed by atoms with Gasteiger partial charge in [-0.25, -0.2) is 4.79 Å². The fraction of sp³-hybridized carbons (Fsp3) is 0.333. The fourth-order valence-corrected chi connectivity index (χ4v) is 3.37. The molecule has 3 rings (SSSR count). The van der Waals surface area contributed by atoms with Crippen molar-refractivity contribution in [2.45, 2.75) is 6.92 Å². The minimum Gasteiger partial charge on any atom is -0.478 e. The van der Waals surface area contributed by atoms with E-state index in [0.717, 1.165) is 37.6 Å². The Labute approximate surface area is 159 Å². The number of hydrogen-bond acceptors (Lipinski definition) is 4. The number of carbonyl (C=O) groups is 2. The van der Waals surface area contributed by atoms with Gasteiger partial charge in [-0.1, -0.05) is 18.2 Å². The number of likely N-dealkylation sites (N-methyl/N-ethyl adjacent to an activating group) is 1. The Bertz CT molecular complexity index is 769. The zero-order valence-corrected chi connectivity index (χ0v) is 15.5. The van der Waals surface area contributed by atoms with E-state index in [0.29, 0.717) is 18.7 Å². The lowest BCUT2D eigenvalue weighted by Crippen LogP contribution is -2.50. The van der Waals surface area contributed by atoms with Crippen LogP contribution in [0.3, 0.4) is 0 Å². The topological polar surface area (TPSA) is 64.1 Å². The first-order valence-electron chi connectivity index (χ1n) is 9.24. The maximum atomic E-state index is 12.7. The highest BCUT2D eigenvalue weighted by Crippen LogP contribution is 2.18. The number of rotatable bonds is 6. The summed E-state index contributed by atoms with van der Waals surface area (Å²) in [5.41, 5.74) is 2.25. The van der Waals surface area contributed by atoms with Gasteiger partial charge in [-0.15, -0.1) is 0 Å². The van der Waals surface area contributed by atoms with Gasteiger partial charge in [-0.3, -0.25) is 9.69 Å². The summed E-state index contributed by atoms with van der Waals surface area (Å²) in [6, 6.07) is 16.7. The number of benzene rings is 2. The van der Waals surface area contributed by atoms with Crippen molar-refractivity contribution in [1.82, 2.24) is 4.90 Å². The molecule has 1 N–H and O–H groups in total. The fourth-order valence-electron chi connectivity index (χ4n) is 3.37. The molecule has 1 fully saturated rings. The smallest absolute Gasteiger partial charge is 0.335 e. The molecule has 142 valence electrons. The first-order chi connectivity index (χ1) is 13.1. The van der Waals surface area contributed by atoms with Gasteiger partial charge < -0.3 is 14.9 Å². The Morgan fingerprint density at radius 2 is 1.59 bits per heavy atom. The predicted molar refractivity (Wildman–Crippen MR) is 107 cm³/mol. The van der Waals surface area contributed by atoms with Crippen molar-refractivity contribution in [1.29, 1.82) is 0 Å². The Balaban J connectivity index is 1.54. The van der Waals surface area contributed by atoms with Gasteiger partial charge in [0.1, 0.15) is 0 Å². The highest BCUT2D eigenvalue weighted by molar-refractivity contribution is 5.94. The third-order valence-corrected chi connectivity index (χ3v) is 4.90. The molecule has 0 radical (unpaired) electrons. The van der Waals surface area contributed by atoms with E-state index in [1.807, 2.05) is 54.3 Å². The molecule has 1 aliphatic heterocycles. The number of carboxylic acid groups (broad SMARTS) is 1. The summed E-state index contributed by atoms with van der Waals surface area (Å²) in [7, 11) is 0. The van der Waals surface area contributed by atoms with Gasteiger partial charge in [0.05, 0.1) is 12.1 Å². The van der Waals surface area contributed by atoms with E-state index in [-0.39, 0.29) is 5.91 Å². The van der Waals surface area contributed by atoms with E-state index in [1.54, 1.807) is 12.1 Å². The second-order valence-electron chi connectivity index (χ2n) is 6.59. The van der Waals surface area contributed by atoms with Gasteiger partial charge >= 0.3 is 5.97 Å². The highest BCUT2D eigenvalue weighted by Gasteiger charge is 2.22. The second-order valence-corrected chi connectivity index (χ2v) is 6.59. The van der Waals surface area contributed by atoms with E-state index < -0.39 is 5.97 Å². The summed E-state index contributed by atoms with van der Waals surface area (Å²) in [6.07, 6.45) is 0. The van der Waals surface area contributed by atoms with Crippen LogP contribution < -0.4 is 9.80 Å². The van der Waals surface area contributed by atoms with Gasteiger partial charge in [0, 0.05) is 44.1 Å². The number of carbonyl (C=O) groups excluding carboxylic acids is 1. The van der Waals surface area contributed by atoms with E-state index in [2.05, 4.69) is 9.80 Å². The van der Waals surface area contributed by atoms with Crippen LogP contribution in [0.5, 0.6) is 0 Å². The third kappa shape index (κ3) is 4.65. The number of carboxylic acids is 1. The summed E-state index contributed by atoms with van der Waals surface area (Å²) in [6.45, 7) is 6.29. The first kappa shape index (κ1) is 18.9. The summed E-state index contributed by atoms with van der Waals surface area (Å²) < 4.78 is 0. The van der Waals surface area contributed by atoms with Gasteiger partial charge in [-0.2, -0.15) is 0 Å². The maximum absolute atomic E-state index is 12.7. The largest absolute Gasteiger partial charge is 0.478 e. The van der Waals surface area contributed by atoms with Crippen molar-refractivity contribution < 1.29 is 14.7 Å². The molecule has 0 saturated carbocycles. The van der Waals surface area contributed by atoms with Crippen LogP contribution in [0.25, 0.3) is 0 Å². The summed E-state index contributed by atoms with van der Waals surface area (Å²) in [5.74, 6) is -0.799. The molecular formula is C21H25N3O3. The van der Waals surface area contributed by atoms with Crippen LogP contribution >= 0.6 is 0 Å². The van der Waals surface area contributed by atoms with Crippen LogP contribution in [-0.4, -0.2) is 61.2 Å². The summed E-state index contributed by atoms with van der Waals surface area (Å²) >= 11 is 0. The lowest BCUT2D eigenvalue weighted by molar-refractivity contribution is -0.119. The average Bonchev–Trinajstić information content (AvgIpc) is 2.70. The third-order valence-electron chi connectivity index (χ3n) is 4.90. The van der Waals surface area contributed by atoms with Crippen molar-refractivity contribution in [2.24, 2.45) is 0 Å². The van der Waals surface area contributed by atoms with E-state index >= 15 is 0 Å². The summed E-state index contributed by atoms with van der Waals surface area (Å²) in [4.78, 5) is 29.9. The van der Waals surface area contributed by atoms with Crippen LogP contribution in [0.15, 0.2) is 54.6 Å². The molecular weight excluding hydrogens is 342 g/mol. The predicted octanol–water partition coefficient (Wildman–Crippen LogP) is 2.56. The number of para-hydroxylation sites is 1. The molecule has 1 heterocycles.